The van der Waals surface area contributed by atoms with E-state index in [-0.39, 0.29) is 11.5 Å². The van der Waals surface area contributed by atoms with Gasteiger partial charge in [-0.05, 0) is 42.8 Å². The number of para-hydroxylation sites is 1. The molecule has 2 heterocycles. The van der Waals surface area contributed by atoms with Crippen molar-refractivity contribution in [1.29, 1.82) is 0 Å². The Hall–Kier alpha value is -3.99. The zero-order chi connectivity index (χ0) is 20.7. The van der Waals surface area contributed by atoms with Crippen LogP contribution in [0.25, 0.3) is 22.6 Å². The first-order chi connectivity index (χ1) is 14.6. The third-order valence-corrected chi connectivity index (χ3v) is 5.30. The fourth-order valence-corrected chi connectivity index (χ4v) is 3.84. The van der Waals surface area contributed by atoms with Gasteiger partial charge in [-0.25, -0.2) is 4.98 Å². The van der Waals surface area contributed by atoms with Crippen LogP contribution in [-0.4, -0.2) is 15.9 Å². The summed E-state index contributed by atoms with van der Waals surface area (Å²) >= 11 is 0. The van der Waals surface area contributed by atoms with E-state index in [2.05, 4.69) is 9.97 Å². The number of fused-ring (bicyclic) bond motifs is 2. The van der Waals surface area contributed by atoms with Crippen molar-refractivity contribution in [2.45, 2.75) is 13.5 Å². The molecule has 0 bridgehead atoms. The van der Waals surface area contributed by atoms with Crippen LogP contribution in [0.4, 0.5) is 5.69 Å². The molecule has 1 amide bonds. The number of aryl methyl sites for hydroxylation is 1. The Kier molecular flexibility index (Phi) is 4.29. The fourth-order valence-electron chi connectivity index (χ4n) is 3.84. The van der Waals surface area contributed by atoms with Crippen LogP contribution in [0.5, 0.6) is 0 Å². The summed E-state index contributed by atoms with van der Waals surface area (Å²) in [6.45, 7) is 2.48. The zero-order valence-corrected chi connectivity index (χ0v) is 16.4. The van der Waals surface area contributed by atoms with Gasteiger partial charge in [-0.15, -0.1) is 0 Å². The molecule has 0 fully saturated rings. The van der Waals surface area contributed by atoms with E-state index in [0.29, 0.717) is 28.8 Å². The second-order valence-corrected chi connectivity index (χ2v) is 7.42. The number of rotatable bonds is 3. The van der Waals surface area contributed by atoms with E-state index in [1.807, 2.05) is 61.5 Å². The van der Waals surface area contributed by atoms with Crippen LogP contribution in [0, 0.1) is 6.92 Å². The van der Waals surface area contributed by atoms with E-state index < -0.39 is 0 Å². The molecule has 3 aromatic carbocycles. The number of carbonyl (C=O) groups excluding carboxylic acids is 1. The maximum Gasteiger partial charge on any atom is 0.259 e. The van der Waals surface area contributed by atoms with E-state index in [1.54, 1.807) is 29.2 Å². The number of aromatic nitrogens is 2. The smallest absolute Gasteiger partial charge is 0.259 e. The number of carbonyl (C=O) groups is 1. The van der Waals surface area contributed by atoms with Gasteiger partial charge in [0.1, 0.15) is 5.82 Å². The average Bonchev–Trinajstić information content (AvgIpc) is 3.00. The van der Waals surface area contributed by atoms with Gasteiger partial charge in [-0.3, -0.25) is 9.59 Å². The van der Waals surface area contributed by atoms with E-state index in [0.717, 1.165) is 22.4 Å². The highest BCUT2D eigenvalue weighted by Crippen LogP contribution is 2.39. The zero-order valence-electron chi connectivity index (χ0n) is 16.4. The van der Waals surface area contributed by atoms with Gasteiger partial charge in [0.25, 0.3) is 11.5 Å². The van der Waals surface area contributed by atoms with Crippen molar-refractivity contribution < 1.29 is 4.79 Å². The Morgan fingerprint density at radius 3 is 2.57 bits per heavy atom. The van der Waals surface area contributed by atoms with Gasteiger partial charge < -0.3 is 9.88 Å². The monoisotopic (exact) mass is 393 g/mol. The highest BCUT2D eigenvalue weighted by molar-refractivity contribution is 6.35. The first kappa shape index (κ1) is 18.1. The lowest BCUT2D eigenvalue weighted by molar-refractivity contribution is -0.113. The summed E-state index contributed by atoms with van der Waals surface area (Å²) in [6, 6.07) is 23.1. The Balaban J connectivity index is 1.63. The molecule has 0 atom stereocenters. The SMILES string of the molecule is Cc1ccc2c(c1)/C(=C\c1nc3ccccc3c(=O)[nH]1)C(=O)N2Cc1ccccc1. The Bertz CT molecular complexity index is 1370. The number of nitrogens with zero attached hydrogens (tertiary/aromatic N) is 2. The molecule has 146 valence electrons. The molecular formula is C25H19N3O2. The number of benzene rings is 3. The molecule has 0 radical (unpaired) electrons. The lowest BCUT2D eigenvalue weighted by Crippen LogP contribution is -2.25. The Labute approximate surface area is 173 Å². The molecule has 0 saturated heterocycles. The second-order valence-electron chi connectivity index (χ2n) is 7.42. The fraction of sp³-hybridized carbons (Fsp3) is 0.0800. The van der Waals surface area contributed by atoms with Gasteiger partial charge in [0, 0.05) is 5.56 Å². The molecule has 1 aliphatic rings. The number of amides is 1. The number of H-pyrrole nitrogens is 1. The minimum atomic E-state index is -0.219. The van der Waals surface area contributed by atoms with Gasteiger partial charge in [0.15, 0.2) is 0 Å². The van der Waals surface area contributed by atoms with E-state index in [1.165, 1.54) is 0 Å². The molecule has 5 rings (SSSR count). The second kappa shape index (κ2) is 7.12. The van der Waals surface area contributed by atoms with Gasteiger partial charge in [0.2, 0.25) is 0 Å². The lowest BCUT2D eigenvalue weighted by Gasteiger charge is -2.17. The molecule has 4 aromatic rings. The summed E-state index contributed by atoms with van der Waals surface area (Å²) < 4.78 is 0. The van der Waals surface area contributed by atoms with Crippen LogP contribution in [0.3, 0.4) is 0 Å². The van der Waals surface area contributed by atoms with Crippen molar-refractivity contribution in [2.24, 2.45) is 0 Å². The quantitative estimate of drug-likeness (QED) is 0.527. The summed E-state index contributed by atoms with van der Waals surface area (Å²) in [6.07, 6.45) is 1.68. The Morgan fingerprint density at radius 2 is 1.73 bits per heavy atom. The third kappa shape index (κ3) is 3.10. The predicted molar refractivity (Wildman–Crippen MR) is 119 cm³/mol. The first-order valence-electron chi connectivity index (χ1n) is 9.78. The average molecular weight is 393 g/mol. The van der Waals surface area contributed by atoms with E-state index in [9.17, 15) is 9.59 Å². The molecule has 0 aliphatic carbocycles. The molecule has 5 nitrogen and oxygen atoms in total. The highest BCUT2D eigenvalue weighted by atomic mass is 16.2. The van der Waals surface area contributed by atoms with E-state index in [4.69, 9.17) is 0 Å². The number of aromatic amines is 1. The van der Waals surface area contributed by atoms with Crippen molar-refractivity contribution in [3.63, 3.8) is 0 Å². The van der Waals surface area contributed by atoms with Crippen LogP contribution >= 0.6 is 0 Å². The molecule has 0 spiro atoms. The minimum absolute atomic E-state index is 0.102. The van der Waals surface area contributed by atoms with Crippen molar-refractivity contribution in [3.05, 3.63) is 106 Å². The van der Waals surface area contributed by atoms with Gasteiger partial charge in [-0.2, -0.15) is 0 Å². The van der Waals surface area contributed by atoms with Gasteiger partial charge in [-0.1, -0.05) is 54.1 Å². The van der Waals surface area contributed by atoms with Crippen molar-refractivity contribution in [2.75, 3.05) is 4.90 Å². The molecule has 0 saturated carbocycles. The third-order valence-electron chi connectivity index (χ3n) is 5.30. The maximum absolute atomic E-state index is 13.4. The van der Waals surface area contributed by atoms with Crippen LogP contribution in [0.1, 0.15) is 22.5 Å². The van der Waals surface area contributed by atoms with Crippen molar-refractivity contribution in [1.82, 2.24) is 9.97 Å². The topological polar surface area (TPSA) is 66.1 Å². The molecule has 5 heteroatoms. The largest absolute Gasteiger partial charge is 0.306 e. The predicted octanol–water partition coefficient (Wildman–Crippen LogP) is 4.32. The number of hydrogen-bond acceptors (Lipinski definition) is 3. The van der Waals surface area contributed by atoms with Crippen molar-refractivity contribution >= 4 is 34.1 Å². The van der Waals surface area contributed by atoms with Crippen LogP contribution in [0.2, 0.25) is 0 Å². The number of anilines is 1. The van der Waals surface area contributed by atoms with Gasteiger partial charge in [0.05, 0.1) is 28.7 Å². The molecule has 0 unspecified atom stereocenters. The van der Waals surface area contributed by atoms with Crippen LogP contribution in [-0.2, 0) is 11.3 Å². The number of nitrogens with one attached hydrogen (secondary N) is 1. The number of hydrogen-bond donors (Lipinski definition) is 1. The van der Waals surface area contributed by atoms with Gasteiger partial charge >= 0.3 is 0 Å². The minimum Gasteiger partial charge on any atom is -0.306 e. The summed E-state index contributed by atoms with van der Waals surface area (Å²) in [4.78, 5) is 34.9. The summed E-state index contributed by atoms with van der Waals surface area (Å²) in [5.41, 5.74) is 4.75. The molecule has 1 N–H and O–H groups in total. The first-order valence-corrected chi connectivity index (χ1v) is 9.78. The van der Waals surface area contributed by atoms with Crippen molar-refractivity contribution in [3.8, 4) is 0 Å². The maximum atomic E-state index is 13.4. The molecular weight excluding hydrogens is 374 g/mol. The Morgan fingerprint density at radius 1 is 0.967 bits per heavy atom. The van der Waals surface area contributed by atoms with Crippen LogP contribution < -0.4 is 10.5 Å². The highest BCUT2D eigenvalue weighted by Gasteiger charge is 2.32. The molecule has 30 heavy (non-hydrogen) atoms. The van der Waals surface area contributed by atoms with E-state index >= 15 is 0 Å². The summed E-state index contributed by atoms with van der Waals surface area (Å²) in [5.74, 6) is 0.270. The molecule has 1 aliphatic heterocycles. The standard InChI is InChI=1S/C25H19N3O2/c1-16-11-12-22-19(13-16)20(25(30)28(22)15-17-7-3-2-4-8-17)14-23-26-21-10-6-5-9-18(21)24(29)27-23/h2-14H,15H2,1H3,(H,26,27,29)/b20-14+. The normalized spacial score (nSPS) is 14.5. The lowest BCUT2D eigenvalue weighted by atomic mass is 10.0. The molecule has 1 aromatic heterocycles. The summed E-state index contributed by atoms with van der Waals surface area (Å²) in [7, 11) is 0. The van der Waals surface area contributed by atoms with Crippen LogP contribution in [0.15, 0.2) is 77.6 Å². The summed E-state index contributed by atoms with van der Waals surface area (Å²) in [5, 5.41) is 0.527.